The summed E-state index contributed by atoms with van der Waals surface area (Å²) in [6.45, 7) is 7.52. The fourth-order valence-corrected chi connectivity index (χ4v) is 4.18. The molecule has 5 nitrogen and oxygen atoms in total. The molecule has 0 aliphatic carbocycles. The van der Waals surface area contributed by atoms with Crippen LogP contribution in [0, 0.1) is 5.92 Å². The molecule has 2 atom stereocenters. The minimum Gasteiger partial charge on any atom is -0.341 e. The Morgan fingerprint density at radius 2 is 2.09 bits per heavy atom. The number of aromatic nitrogens is 2. The van der Waals surface area contributed by atoms with Crippen molar-refractivity contribution in [3.63, 3.8) is 0 Å². The Labute approximate surface area is 139 Å². The summed E-state index contributed by atoms with van der Waals surface area (Å²) in [5, 5.41) is 4.29. The van der Waals surface area contributed by atoms with Gasteiger partial charge in [0.1, 0.15) is 0 Å². The highest BCUT2D eigenvalue weighted by Gasteiger charge is 2.34. The molecule has 5 heteroatoms. The van der Waals surface area contributed by atoms with E-state index in [2.05, 4.69) is 23.8 Å². The number of rotatable bonds is 4. The first-order valence-electron chi connectivity index (χ1n) is 9.10. The molecule has 0 unspecified atom stereocenters. The Morgan fingerprint density at radius 1 is 1.30 bits per heavy atom. The molecule has 3 rings (SSSR count). The van der Waals surface area contributed by atoms with Crippen molar-refractivity contribution in [1.82, 2.24) is 19.6 Å². The Balaban J connectivity index is 1.63. The zero-order valence-corrected chi connectivity index (χ0v) is 14.7. The van der Waals surface area contributed by atoms with E-state index < -0.39 is 0 Å². The summed E-state index contributed by atoms with van der Waals surface area (Å²) in [6.07, 6.45) is 10.1. The highest BCUT2D eigenvalue weighted by atomic mass is 16.2. The fraction of sp³-hybridized carbons (Fsp3) is 0.778. The molecule has 2 aliphatic heterocycles. The maximum Gasteiger partial charge on any atom is 0.256 e. The minimum absolute atomic E-state index is 0.102. The summed E-state index contributed by atoms with van der Waals surface area (Å²) in [5.74, 6) is 0.725. The molecule has 128 valence electrons. The molecule has 0 bridgehead atoms. The van der Waals surface area contributed by atoms with Gasteiger partial charge in [-0.15, -0.1) is 0 Å². The second kappa shape index (κ2) is 7.04. The summed E-state index contributed by atoms with van der Waals surface area (Å²) in [4.78, 5) is 17.2. The number of hydrogen-bond donors (Lipinski definition) is 0. The normalized spacial score (nSPS) is 25.4. The second-order valence-corrected chi connectivity index (χ2v) is 7.49. The molecule has 2 aliphatic rings. The van der Waals surface area contributed by atoms with Crippen LogP contribution in [0.1, 0.15) is 62.4 Å². The average molecular weight is 318 g/mol. The van der Waals surface area contributed by atoms with Crippen molar-refractivity contribution in [1.29, 1.82) is 0 Å². The molecule has 1 aromatic rings. The first-order chi connectivity index (χ1) is 11.1. The molecule has 0 N–H and O–H groups in total. The van der Waals surface area contributed by atoms with Crippen LogP contribution in [-0.4, -0.2) is 58.2 Å². The van der Waals surface area contributed by atoms with Crippen LogP contribution < -0.4 is 0 Å². The van der Waals surface area contributed by atoms with Crippen LogP contribution in [0.25, 0.3) is 0 Å². The zero-order valence-electron chi connectivity index (χ0n) is 14.7. The number of fused-ring (bicyclic) bond motifs is 1. The van der Waals surface area contributed by atoms with Crippen LogP contribution in [0.4, 0.5) is 0 Å². The summed E-state index contributed by atoms with van der Waals surface area (Å²) >= 11 is 0. The number of nitrogens with zero attached hydrogens (tertiary/aromatic N) is 4. The standard InChI is InChI=1S/C18H30N4O/c1-14(2)22-13-16(11-19-22)18(23)20(3)12-15-7-6-10-21-9-5-4-8-17(15)21/h11,13-15,17H,4-10,12H2,1-3H3/t15-,17-/m1/s1. The van der Waals surface area contributed by atoms with Crippen molar-refractivity contribution in [3.05, 3.63) is 18.0 Å². The zero-order chi connectivity index (χ0) is 16.4. The third-order valence-electron chi connectivity index (χ3n) is 5.46. The molecule has 0 spiro atoms. The van der Waals surface area contributed by atoms with E-state index in [0.29, 0.717) is 17.5 Å². The summed E-state index contributed by atoms with van der Waals surface area (Å²) in [6, 6.07) is 0.974. The maximum atomic E-state index is 12.7. The van der Waals surface area contributed by atoms with Gasteiger partial charge in [-0.05, 0) is 58.5 Å². The number of hydrogen-bond acceptors (Lipinski definition) is 3. The highest BCUT2D eigenvalue weighted by Crippen LogP contribution is 2.31. The van der Waals surface area contributed by atoms with Crippen LogP contribution >= 0.6 is 0 Å². The van der Waals surface area contributed by atoms with Gasteiger partial charge in [-0.1, -0.05) is 6.42 Å². The first kappa shape index (κ1) is 16.5. The van der Waals surface area contributed by atoms with Gasteiger partial charge in [0, 0.05) is 31.9 Å². The van der Waals surface area contributed by atoms with Crippen LogP contribution in [0.2, 0.25) is 0 Å². The lowest BCUT2D eigenvalue weighted by Gasteiger charge is -2.45. The molecule has 1 amide bonds. The fourth-order valence-electron chi connectivity index (χ4n) is 4.18. The van der Waals surface area contributed by atoms with E-state index in [1.165, 1.54) is 45.2 Å². The Kier molecular flexibility index (Phi) is 5.05. The molecule has 0 saturated carbocycles. The van der Waals surface area contributed by atoms with Crippen LogP contribution in [0.5, 0.6) is 0 Å². The Hall–Kier alpha value is -1.36. The van der Waals surface area contributed by atoms with Crippen LogP contribution in [0.3, 0.4) is 0 Å². The third-order valence-corrected chi connectivity index (χ3v) is 5.46. The van der Waals surface area contributed by atoms with Crippen molar-refractivity contribution < 1.29 is 4.79 Å². The van der Waals surface area contributed by atoms with E-state index in [1.807, 2.05) is 22.8 Å². The average Bonchev–Trinajstić information content (AvgIpc) is 3.04. The van der Waals surface area contributed by atoms with E-state index in [9.17, 15) is 4.79 Å². The van der Waals surface area contributed by atoms with Crippen LogP contribution in [0.15, 0.2) is 12.4 Å². The molecule has 0 aromatic carbocycles. The van der Waals surface area contributed by atoms with Crippen molar-refractivity contribution in [3.8, 4) is 0 Å². The largest absolute Gasteiger partial charge is 0.341 e. The molecule has 1 aromatic heterocycles. The lowest BCUT2D eigenvalue weighted by atomic mass is 9.83. The molecule has 3 heterocycles. The van der Waals surface area contributed by atoms with Gasteiger partial charge in [-0.25, -0.2) is 0 Å². The van der Waals surface area contributed by atoms with Crippen molar-refractivity contribution in [2.24, 2.45) is 5.92 Å². The van der Waals surface area contributed by atoms with Crippen LogP contribution in [-0.2, 0) is 0 Å². The summed E-state index contributed by atoms with van der Waals surface area (Å²) < 4.78 is 1.85. The summed E-state index contributed by atoms with van der Waals surface area (Å²) in [7, 11) is 1.94. The number of carbonyl (C=O) groups is 1. The number of piperidine rings is 2. The van der Waals surface area contributed by atoms with Crippen molar-refractivity contribution in [2.45, 2.75) is 58.0 Å². The molecular formula is C18H30N4O. The van der Waals surface area contributed by atoms with Gasteiger partial charge in [-0.3, -0.25) is 9.48 Å². The number of carbonyl (C=O) groups excluding carboxylic acids is 1. The Bertz CT molecular complexity index is 537. The van der Waals surface area contributed by atoms with E-state index >= 15 is 0 Å². The highest BCUT2D eigenvalue weighted by molar-refractivity contribution is 5.93. The van der Waals surface area contributed by atoms with E-state index in [0.717, 1.165) is 6.54 Å². The van der Waals surface area contributed by atoms with Gasteiger partial charge in [0.25, 0.3) is 5.91 Å². The molecule has 2 fully saturated rings. The topological polar surface area (TPSA) is 41.4 Å². The molecule has 2 saturated heterocycles. The minimum atomic E-state index is 0.102. The molecule has 0 radical (unpaired) electrons. The maximum absolute atomic E-state index is 12.7. The SMILES string of the molecule is CC(C)n1cc(C(=O)N(C)C[C@H]2CCCN3CCCC[C@H]23)cn1. The summed E-state index contributed by atoms with van der Waals surface area (Å²) in [5.41, 5.74) is 0.706. The van der Waals surface area contributed by atoms with Crippen molar-refractivity contribution in [2.75, 3.05) is 26.7 Å². The Morgan fingerprint density at radius 3 is 2.83 bits per heavy atom. The smallest absolute Gasteiger partial charge is 0.256 e. The number of amides is 1. The quantitative estimate of drug-likeness (QED) is 0.857. The lowest BCUT2D eigenvalue weighted by Crippen LogP contribution is -2.51. The van der Waals surface area contributed by atoms with Crippen molar-refractivity contribution >= 4 is 5.91 Å². The monoisotopic (exact) mass is 318 g/mol. The van der Waals surface area contributed by atoms with Gasteiger partial charge < -0.3 is 9.80 Å². The predicted octanol–water partition coefficient (Wildman–Crippen LogP) is 2.80. The molecule has 23 heavy (non-hydrogen) atoms. The second-order valence-electron chi connectivity index (χ2n) is 7.49. The van der Waals surface area contributed by atoms with Gasteiger partial charge in [0.15, 0.2) is 0 Å². The van der Waals surface area contributed by atoms with Gasteiger partial charge in [0.2, 0.25) is 0 Å². The molecular weight excluding hydrogens is 288 g/mol. The van der Waals surface area contributed by atoms with E-state index in [-0.39, 0.29) is 11.9 Å². The lowest BCUT2D eigenvalue weighted by molar-refractivity contribution is 0.0403. The predicted molar refractivity (Wildman–Crippen MR) is 91.5 cm³/mol. The van der Waals surface area contributed by atoms with E-state index in [4.69, 9.17) is 0 Å². The van der Waals surface area contributed by atoms with Gasteiger partial charge >= 0.3 is 0 Å². The first-order valence-corrected chi connectivity index (χ1v) is 9.10. The van der Waals surface area contributed by atoms with Gasteiger partial charge in [0.05, 0.1) is 11.8 Å². The van der Waals surface area contributed by atoms with E-state index in [1.54, 1.807) is 6.20 Å². The third kappa shape index (κ3) is 3.60. The van der Waals surface area contributed by atoms with Gasteiger partial charge in [-0.2, -0.15) is 5.10 Å².